The van der Waals surface area contributed by atoms with E-state index in [2.05, 4.69) is 20.9 Å². The number of carbonyl (C=O) groups is 1. The Labute approximate surface area is 196 Å². The van der Waals surface area contributed by atoms with Gasteiger partial charge in [-0.25, -0.2) is 13.4 Å². The zero-order valence-corrected chi connectivity index (χ0v) is 19.4. The quantitative estimate of drug-likeness (QED) is 0.466. The number of sulfone groups is 1. The molecule has 3 aromatic carbocycles. The zero-order valence-electron chi connectivity index (χ0n) is 17.9. The monoisotopic (exact) mass is 482 g/mol. The van der Waals surface area contributed by atoms with E-state index in [-0.39, 0.29) is 23.0 Å². The van der Waals surface area contributed by atoms with Gasteiger partial charge in [0.25, 0.3) is 0 Å². The van der Waals surface area contributed by atoms with Crippen LogP contribution in [0.25, 0.3) is 21.8 Å². The van der Waals surface area contributed by atoms with E-state index in [4.69, 9.17) is 11.6 Å². The maximum atomic E-state index is 12.8. The first kappa shape index (κ1) is 21.7. The normalized spacial score (nSPS) is 14.8. The molecule has 1 amide bonds. The Bertz CT molecular complexity index is 1440. The maximum absolute atomic E-state index is 12.8. The van der Waals surface area contributed by atoms with Crippen LogP contribution in [0.3, 0.4) is 0 Å². The fourth-order valence-corrected chi connectivity index (χ4v) is 5.66. The van der Waals surface area contributed by atoms with Crippen LogP contribution in [0.2, 0.25) is 5.02 Å². The number of benzene rings is 3. The third-order valence-corrected chi connectivity index (χ3v) is 8.07. The van der Waals surface area contributed by atoms with Crippen LogP contribution in [0.4, 0.5) is 5.69 Å². The Morgan fingerprint density at radius 2 is 1.73 bits per heavy atom. The molecule has 5 rings (SSSR count). The lowest BCUT2D eigenvalue weighted by Gasteiger charge is -2.36. The summed E-state index contributed by atoms with van der Waals surface area (Å²) in [5.41, 5.74) is 2.98. The predicted octanol–water partition coefficient (Wildman–Crippen LogP) is 3.88. The number of fused-ring (bicyclic) bond motifs is 2. The highest BCUT2D eigenvalue weighted by atomic mass is 35.5. The van der Waals surface area contributed by atoms with Crippen LogP contribution < -0.4 is 4.90 Å². The SMILES string of the molecule is O=C(CCS(=O)(=O)c1ccc2cc(Cl)ccc2c1)N1CCN(c2ccc3nc[nH]c3c2)CC1. The van der Waals surface area contributed by atoms with Crippen LogP contribution in [0.1, 0.15) is 6.42 Å². The molecule has 170 valence electrons. The number of amides is 1. The van der Waals surface area contributed by atoms with Crippen LogP contribution in [0.15, 0.2) is 65.8 Å². The Kier molecular flexibility index (Phi) is 5.72. The number of aromatic amines is 1. The van der Waals surface area contributed by atoms with Crippen molar-refractivity contribution in [1.82, 2.24) is 14.9 Å². The fraction of sp³-hybridized carbons (Fsp3) is 0.250. The smallest absolute Gasteiger partial charge is 0.223 e. The molecule has 0 aliphatic carbocycles. The molecular weight excluding hydrogens is 460 g/mol. The number of carbonyl (C=O) groups excluding carboxylic acids is 1. The highest BCUT2D eigenvalue weighted by molar-refractivity contribution is 7.91. The van der Waals surface area contributed by atoms with Gasteiger partial charge in [-0.05, 0) is 53.2 Å². The molecular formula is C24H23ClN4O3S. The number of anilines is 1. The Hall–Kier alpha value is -3.10. The van der Waals surface area contributed by atoms with Gasteiger partial charge in [0, 0.05) is 43.3 Å². The average Bonchev–Trinajstić information content (AvgIpc) is 3.30. The Morgan fingerprint density at radius 1 is 0.970 bits per heavy atom. The molecule has 1 saturated heterocycles. The predicted molar refractivity (Wildman–Crippen MR) is 131 cm³/mol. The summed E-state index contributed by atoms with van der Waals surface area (Å²) in [6, 6.07) is 16.4. The maximum Gasteiger partial charge on any atom is 0.223 e. The summed E-state index contributed by atoms with van der Waals surface area (Å²) in [5.74, 6) is -0.337. The second-order valence-corrected chi connectivity index (χ2v) is 10.7. The van der Waals surface area contributed by atoms with Gasteiger partial charge in [-0.1, -0.05) is 23.7 Å². The Balaban J connectivity index is 1.19. The number of H-pyrrole nitrogens is 1. The summed E-state index contributed by atoms with van der Waals surface area (Å²) in [7, 11) is -3.56. The second-order valence-electron chi connectivity index (χ2n) is 8.19. The standard InChI is InChI=1S/C24H23ClN4O3S/c25-19-3-1-18-14-21(5-2-17(18)13-19)33(31,32)12-7-24(30)29-10-8-28(9-11-29)20-4-6-22-23(15-20)27-16-26-22/h1-6,13-16H,7-12H2,(H,26,27). The number of aromatic nitrogens is 2. The van der Waals surface area contributed by atoms with Gasteiger partial charge in [0.1, 0.15) is 0 Å². The van der Waals surface area contributed by atoms with Gasteiger partial charge in [0.05, 0.1) is 28.0 Å². The van der Waals surface area contributed by atoms with Gasteiger partial charge in [-0.3, -0.25) is 4.79 Å². The van der Waals surface area contributed by atoms with Crippen LogP contribution in [0, 0.1) is 0 Å². The first-order valence-corrected chi connectivity index (χ1v) is 12.8. The van der Waals surface area contributed by atoms with Crippen molar-refractivity contribution >= 4 is 54.8 Å². The number of hydrogen-bond acceptors (Lipinski definition) is 5. The number of rotatable bonds is 5. The molecule has 4 aromatic rings. The summed E-state index contributed by atoms with van der Waals surface area (Å²) in [6.07, 6.45) is 1.65. The molecule has 0 unspecified atom stereocenters. The second kappa shape index (κ2) is 8.68. The lowest BCUT2D eigenvalue weighted by atomic mass is 10.1. The molecule has 0 spiro atoms. The summed E-state index contributed by atoms with van der Waals surface area (Å²) in [4.78, 5) is 24.3. The van der Waals surface area contributed by atoms with Gasteiger partial charge in [-0.15, -0.1) is 0 Å². The van der Waals surface area contributed by atoms with E-state index >= 15 is 0 Å². The average molecular weight is 483 g/mol. The minimum absolute atomic E-state index is 0.0267. The van der Waals surface area contributed by atoms with Crippen LogP contribution >= 0.6 is 11.6 Å². The zero-order chi connectivity index (χ0) is 23.0. The minimum Gasteiger partial charge on any atom is -0.368 e. The van der Waals surface area contributed by atoms with Crippen molar-refractivity contribution in [2.24, 2.45) is 0 Å². The summed E-state index contributed by atoms with van der Waals surface area (Å²) in [6.45, 7) is 2.53. The van der Waals surface area contributed by atoms with Gasteiger partial charge in [0.2, 0.25) is 5.91 Å². The molecule has 0 atom stereocenters. The molecule has 1 aromatic heterocycles. The van der Waals surface area contributed by atoms with Crippen molar-refractivity contribution in [3.05, 3.63) is 65.9 Å². The first-order valence-electron chi connectivity index (χ1n) is 10.8. The molecule has 2 heterocycles. The highest BCUT2D eigenvalue weighted by Crippen LogP contribution is 2.24. The van der Waals surface area contributed by atoms with Gasteiger partial charge < -0.3 is 14.8 Å². The number of hydrogen-bond donors (Lipinski definition) is 1. The topological polar surface area (TPSA) is 86.4 Å². The van der Waals surface area contributed by atoms with Crippen LogP contribution in [0.5, 0.6) is 0 Å². The number of halogens is 1. The highest BCUT2D eigenvalue weighted by Gasteiger charge is 2.24. The van der Waals surface area contributed by atoms with E-state index in [1.807, 2.05) is 12.1 Å². The van der Waals surface area contributed by atoms with Gasteiger partial charge >= 0.3 is 0 Å². The third-order valence-electron chi connectivity index (χ3n) is 6.12. The van der Waals surface area contributed by atoms with E-state index < -0.39 is 9.84 Å². The van der Waals surface area contributed by atoms with E-state index in [1.165, 1.54) is 0 Å². The molecule has 1 aliphatic rings. The molecule has 0 radical (unpaired) electrons. The Morgan fingerprint density at radius 3 is 2.55 bits per heavy atom. The van der Waals surface area contributed by atoms with Gasteiger partial charge in [0.15, 0.2) is 9.84 Å². The minimum atomic E-state index is -3.56. The largest absolute Gasteiger partial charge is 0.368 e. The van der Waals surface area contributed by atoms with E-state index in [0.717, 1.165) is 27.5 Å². The molecule has 0 bridgehead atoms. The first-order chi connectivity index (χ1) is 15.9. The number of piperazine rings is 1. The van der Waals surface area contributed by atoms with Crippen LogP contribution in [-0.2, 0) is 14.6 Å². The van der Waals surface area contributed by atoms with Crippen molar-refractivity contribution in [2.45, 2.75) is 11.3 Å². The number of nitrogens with zero attached hydrogens (tertiary/aromatic N) is 3. The van der Waals surface area contributed by atoms with E-state index in [1.54, 1.807) is 47.6 Å². The molecule has 7 nitrogen and oxygen atoms in total. The summed E-state index contributed by atoms with van der Waals surface area (Å²) < 4.78 is 25.7. The number of nitrogens with one attached hydrogen (secondary N) is 1. The molecule has 33 heavy (non-hydrogen) atoms. The van der Waals surface area contributed by atoms with E-state index in [0.29, 0.717) is 31.2 Å². The number of imidazole rings is 1. The lowest BCUT2D eigenvalue weighted by molar-refractivity contribution is -0.131. The molecule has 1 fully saturated rings. The molecule has 0 saturated carbocycles. The molecule has 1 aliphatic heterocycles. The van der Waals surface area contributed by atoms with Crippen molar-refractivity contribution in [3.63, 3.8) is 0 Å². The van der Waals surface area contributed by atoms with E-state index in [9.17, 15) is 13.2 Å². The summed E-state index contributed by atoms with van der Waals surface area (Å²) in [5, 5.41) is 2.28. The fourth-order valence-electron chi connectivity index (χ4n) is 4.22. The van der Waals surface area contributed by atoms with Crippen LogP contribution in [-0.4, -0.2) is 61.1 Å². The molecule has 1 N–H and O–H groups in total. The third kappa shape index (κ3) is 4.54. The van der Waals surface area contributed by atoms with Crippen molar-refractivity contribution in [1.29, 1.82) is 0 Å². The van der Waals surface area contributed by atoms with Gasteiger partial charge in [-0.2, -0.15) is 0 Å². The molecule has 9 heteroatoms. The van der Waals surface area contributed by atoms with Crippen molar-refractivity contribution in [2.75, 3.05) is 36.8 Å². The van der Waals surface area contributed by atoms with Crippen molar-refractivity contribution in [3.8, 4) is 0 Å². The lowest BCUT2D eigenvalue weighted by Crippen LogP contribution is -2.49. The summed E-state index contributed by atoms with van der Waals surface area (Å²) >= 11 is 6.00. The van der Waals surface area contributed by atoms with Crippen molar-refractivity contribution < 1.29 is 13.2 Å².